The number of amides is 1. The van der Waals surface area contributed by atoms with Gasteiger partial charge < -0.3 is 19.8 Å². The number of carbonyl (C=O) groups excluding carboxylic acids is 3. The van der Waals surface area contributed by atoms with Gasteiger partial charge in [0.1, 0.15) is 11.7 Å². The molecule has 7 heteroatoms. The molecule has 2 N–H and O–H groups in total. The number of esters is 2. The zero-order valence-corrected chi connectivity index (χ0v) is 14.5. The predicted molar refractivity (Wildman–Crippen MR) is 92.0 cm³/mol. The Morgan fingerprint density at radius 2 is 1.96 bits per heavy atom. The number of H-pyrrole nitrogens is 1. The summed E-state index contributed by atoms with van der Waals surface area (Å²) in [6.45, 7) is 3.26. The molecule has 134 valence electrons. The Hall–Kier alpha value is -2.83. The van der Waals surface area contributed by atoms with Crippen LogP contribution in [0.1, 0.15) is 30.8 Å². The molecule has 0 unspecified atom stereocenters. The second kappa shape index (κ2) is 8.32. The van der Waals surface area contributed by atoms with Gasteiger partial charge in [0.2, 0.25) is 0 Å². The average Bonchev–Trinajstić information content (AvgIpc) is 3.07. The van der Waals surface area contributed by atoms with Crippen LogP contribution in [0.3, 0.4) is 0 Å². The lowest BCUT2D eigenvalue weighted by atomic mass is 9.99. The van der Waals surface area contributed by atoms with Crippen LogP contribution in [0.15, 0.2) is 30.3 Å². The fraction of sp³-hybridized carbons (Fsp3) is 0.389. The van der Waals surface area contributed by atoms with Crippen LogP contribution in [0.4, 0.5) is 0 Å². The summed E-state index contributed by atoms with van der Waals surface area (Å²) in [7, 11) is 1.26. The van der Waals surface area contributed by atoms with Crippen molar-refractivity contribution in [1.29, 1.82) is 0 Å². The number of fused-ring (bicyclic) bond motifs is 1. The van der Waals surface area contributed by atoms with Gasteiger partial charge in [0.15, 0.2) is 6.61 Å². The van der Waals surface area contributed by atoms with Crippen molar-refractivity contribution in [2.24, 2.45) is 5.92 Å². The van der Waals surface area contributed by atoms with Crippen LogP contribution in [0.25, 0.3) is 10.9 Å². The van der Waals surface area contributed by atoms with Crippen molar-refractivity contribution < 1.29 is 23.9 Å². The van der Waals surface area contributed by atoms with E-state index in [4.69, 9.17) is 9.47 Å². The van der Waals surface area contributed by atoms with Crippen LogP contribution < -0.4 is 5.32 Å². The van der Waals surface area contributed by atoms with Gasteiger partial charge in [-0.15, -0.1) is 0 Å². The first kappa shape index (κ1) is 18.5. The van der Waals surface area contributed by atoms with E-state index in [1.807, 2.05) is 38.1 Å². The quantitative estimate of drug-likeness (QED) is 0.748. The molecule has 25 heavy (non-hydrogen) atoms. The van der Waals surface area contributed by atoms with E-state index in [1.165, 1.54) is 7.11 Å². The van der Waals surface area contributed by atoms with Gasteiger partial charge in [-0.2, -0.15) is 0 Å². The van der Waals surface area contributed by atoms with Crippen molar-refractivity contribution in [3.05, 3.63) is 36.0 Å². The largest absolute Gasteiger partial charge is 0.467 e. The lowest BCUT2D eigenvalue weighted by Gasteiger charge is -2.21. The van der Waals surface area contributed by atoms with Gasteiger partial charge in [-0.25, -0.2) is 9.59 Å². The minimum absolute atomic E-state index is 0.0965. The molecule has 1 amide bonds. The zero-order chi connectivity index (χ0) is 18.4. The Kier molecular flexibility index (Phi) is 6.16. The normalized spacial score (nSPS) is 13.1. The number of hydrogen-bond donors (Lipinski definition) is 2. The molecule has 0 aliphatic rings. The van der Waals surface area contributed by atoms with Crippen molar-refractivity contribution >= 4 is 28.7 Å². The lowest BCUT2D eigenvalue weighted by Crippen LogP contribution is -2.47. The molecular formula is C18H22N2O5. The molecule has 2 aromatic rings. The highest BCUT2D eigenvalue weighted by Crippen LogP contribution is 2.15. The average molecular weight is 346 g/mol. The number of benzene rings is 1. The third kappa shape index (κ3) is 4.59. The molecule has 2 rings (SSSR count). The first-order valence-electron chi connectivity index (χ1n) is 8.08. The molecule has 0 spiro atoms. The van der Waals surface area contributed by atoms with Gasteiger partial charge >= 0.3 is 11.9 Å². The highest BCUT2D eigenvalue weighted by molar-refractivity contribution is 5.96. The Bertz CT molecular complexity index is 735. The predicted octanol–water partition coefficient (Wildman–Crippen LogP) is 2.03. The molecule has 1 aromatic heterocycles. The highest BCUT2D eigenvalue weighted by Gasteiger charge is 2.27. The fourth-order valence-corrected chi connectivity index (χ4v) is 2.40. The smallest absolute Gasteiger partial charge is 0.355 e. The molecular weight excluding hydrogens is 324 g/mol. The number of aromatic nitrogens is 1. The summed E-state index contributed by atoms with van der Waals surface area (Å²) in [4.78, 5) is 38.7. The van der Waals surface area contributed by atoms with E-state index in [1.54, 1.807) is 6.07 Å². The number of ether oxygens (including phenoxy) is 2. The SMILES string of the molecule is CC[C@H](C)[C@H](NC(=O)COC(=O)c1cc2ccccc2[nH]1)C(=O)OC. The first-order valence-corrected chi connectivity index (χ1v) is 8.08. The third-order valence-electron chi connectivity index (χ3n) is 4.07. The maximum Gasteiger partial charge on any atom is 0.355 e. The molecule has 0 radical (unpaired) electrons. The van der Waals surface area contributed by atoms with Crippen molar-refractivity contribution in [3.63, 3.8) is 0 Å². The second-order valence-corrected chi connectivity index (χ2v) is 5.80. The van der Waals surface area contributed by atoms with Crippen molar-refractivity contribution in [3.8, 4) is 0 Å². The summed E-state index contributed by atoms with van der Waals surface area (Å²) in [6, 6.07) is 8.30. The minimum atomic E-state index is -0.769. The first-order chi connectivity index (χ1) is 12.0. The van der Waals surface area contributed by atoms with Gasteiger partial charge in [-0.05, 0) is 18.1 Å². The maximum absolute atomic E-state index is 12.1. The zero-order valence-electron chi connectivity index (χ0n) is 14.5. The Morgan fingerprint density at radius 1 is 1.24 bits per heavy atom. The van der Waals surface area contributed by atoms with Gasteiger partial charge in [0.25, 0.3) is 5.91 Å². The van der Waals surface area contributed by atoms with E-state index in [0.717, 1.165) is 10.9 Å². The number of aromatic amines is 1. The highest BCUT2D eigenvalue weighted by atomic mass is 16.5. The lowest BCUT2D eigenvalue weighted by molar-refractivity contribution is -0.147. The van der Waals surface area contributed by atoms with E-state index in [-0.39, 0.29) is 11.6 Å². The molecule has 1 heterocycles. The topological polar surface area (TPSA) is 97.5 Å². The third-order valence-corrected chi connectivity index (χ3v) is 4.07. The van der Waals surface area contributed by atoms with E-state index >= 15 is 0 Å². The number of rotatable bonds is 7. The monoisotopic (exact) mass is 346 g/mol. The van der Waals surface area contributed by atoms with Crippen LogP contribution in [-0.2, 0) is 19.1 Å². The summed E-state index contributed by atoms with van der Waals surface area (Å²) in [5, 5.41) is 3.43. The molecule has 2 atom stereocenters. The molecule has 0 bridgehead atoms. The van der Waals surface area contributed by atoms with Crippen LogP contribution in [0.5, 0.6) is 0 Å². The van der Waals surface area contributed by atoms with Crippen LogP contribution in [0, 0.1) is 5.92 Å². The Labute approximate surface area is 145 Å². The van der Waals surface area contributed by atoms with Gasteiger partial charge in [-0.3, -0.25) is 4.79 Å². The maximum atomic E-state index is 12.1. The minimum Gasteiger partial charge on any atom is -0.467 e. The molecule has 0 fully saturated rings. The van der Waals surface area contributed by atoms with Crippen LogP contribution in [0.2, 0.25) is 0 Å². The molecule has 0 aliphatic carbocycles. The molecule has 0 saturated carbocycles. The second-order valence-electron chi connectivity index (χ2n) is 5.80. The summed E-state index contributed by atoms with van der Waals surface area (Å²) < 4.78 is 9.71. The summed E-state index contributed by atoms with van der Waals surface area (Å²) in [6.07, 6.45) is 0.689. The number of para-hydroxylation sites is 1. The number of methoxy groups -OCH3 is 1. The van der Waals surface area contributed by atoms with Crippen LogP contribution in [-0.4, -0.2) is 42.6 Å². The standard InChI is InChI=1S/C18H22N2O5/c1-4-11(2)16(18(23)24-3)20-15(21)10-25-17(22)14-9-12-7-5-6-8-13(12)19-14/h5-9,11,16,19H,4,10H2,1-3H3,(H,20,21)/t11-,16-/m0/s1. The van der Waals surface area contributed by atoms with Crippen LogP contribution >= 0.6 is 0 Å². The molecule has 0 saturated heterocycles. The van der Waals surface area contributed by atoms with Gasteiger partial charge in [-0.1, -0.05) is 38.5 Å². The summed E-state index contributed by atoms with van der Waals surface area (Å²) in [5.41, 5.74) is 1.07. The van der Waals surface area contributed by atoms with E-state index in [2.05, 4.69) is 10.3 Å². The molecule has 7 nitrogen and oxygen atoms in total. The number of carbonyl (C=O) groups is 3. The number of nitrogens with one attached hydrogen (secondary N) is 2. The van der Waals surface area contributed by atoms with Crippen molar-refractivity contribution in [1.82, 2.24) is 10.3 Å². The van der Waals surface area contributed by atoms with E-state index in [9.17, 15) is 14.4 Å². The summed E-state index contributed by atoms with van der Waals surface area (Å²) in [5.74, 6) is -1.81. The Morgan fingerprint density at radius 3 is 2.60 bits per heavy atom. The molecule has 0 aliphatic heterocycles. The summed E-state index contributed by atoms with van der Waals surface area (Å²) >= 11 is 0. The van der Waals surface area contributed by atoms with Gasteiger partial charge in [0.05, 0.1) is 7.11 Å². The van der Waals surface area contributed by atoms with E-state index in [0.29, 0.717) is 6.42 Å². The van der Waals surface area contributed by atoms with Crippen molar-refractivity contribution in [2.45, 2.75) is 26.3 Å². The van der Waals surface area contributed by atoms with Crippen molar-refractivity contribution in [2.75, 3.05) is 13.7 Å². The molecule has 1 aromatic carbocycles. The number of hydrogen-bond acceptors (Lipinski definition) is 5. The fourth-order valence-electron chi connectivity index (χ4n) is 2.40. The van der Waals surface area contributed by atoms with E-state index < -0.39 is 30.5 Å². The Balaban J connectivity index is 1.93. The van der Waals surface area contributed by atoms with Gasteiger partial charge in [0, 0.05) is 10.9 Å².